The molecule has 0 bridgehead atoms. The molecule has 1 fully saturated rings. The first-order valence-corrected chi connectivity index (χ1v) is 7.94. The van der Waals surface area contributed by atoms with Crippen LogP contribution in [0.5, 0.6) is 11.5 Å². The fourth-order valence-corrected chi connectivity index (χ4v) is 3.36. The van der Waals surface area contributed by atoms with Crippen molar-refractivity contribution in [3.63, 3.8) is 0 Å². The van der Waals surface area contributed by atoms with Crippen LogP contribution in [0, 0.1) is 0 Å². The maximum absolute atomic E-state index is 6.36. The van der Waals surface area contributed by atoms with Crippen LogP contribution in [-0.4, -0.2) is 16.3 Å². The van der Waals surface area contributed by atoms with E-state index in [4.69, 9.17) is 20.2 Å². The second-order valence-corrected chi connectivity index (χ2v) is 6.26. The van der Waals surface area contributed by atoms with Gasteiger partial charge in [0.05, 0.1) is 4.47 Å². The third-order valence-corrected chi connectivity index (χ3v) is 4.54. The number of hydrogen-bond donors (Lipinski definition) is 1. The van der Waals surface area contributed by atoms with E-state index in [-0.39, 0.29) is 6.79 Å². The first kappa shape index (κ1) is 13.0. The number of nitrogens with two attached hydrogens (primary N) is 1. The molecule has 2 aromatic rings. The summed E-state index contributed by atoms with van der Waals surface area (Å²) in [6.07, 6.45) is 3.27. The lowest BCUT2D eigenvalue weighted by Gasteiger charge is -2.07. The van der Waals surface area contributed by atoms with E-state index in [1.165, 1.54) is 12.8 Å². The number of rotatable bonds is 3. The van der Waals surface area contributed by atoms with Gasteiger partial charge in [0, 0.05) is 18.0 Å². The van der Waals surface area contributed by atoms with Crippen molar-refractivity contribution in [3.8, 4) is 22.8 Å². The van der Waals surface area contributed by atoms with Crippen LogP contribution < -0.4 is 15.2 Å². The molecule has 1 aliphatic heterocycles. The third kappa shape index (κ3) is 2.00. The fraction of sp³-hybridized carbons (Fsp3) is 0.400. The molecule has 0 radical (unpaired) electrons. The number of aryl methyl sites for hydroxylation is 1. The molecule has 1 saturated carbocycles. The zero-order valence-electron chi connectivity index (χ0n) is 11.7. The predicted octanol–water partition coefficient (Wildman–Crippen LogP) is 3.52. The Labute approximate surface area is 131 Å². The number of fused-ring (bicyclic) bond motifs is 1. The van der Waals surface area contributed by atoms with Gasteiger partial charge in [-0.3, -0.25) is 0 Å². The predicted molar refractivity (Wildman–Crippen MR) is 83.5 cm³/mol. The van der Waals surface area contributed by atoms with Crippen LogP contribution in [-0.2, 0) is 6.42 Å². The Morgan fingerprint density at radius 3 is 2.90 bits per heavy atom. The maximum atomic E-state index is 6.36. The van der Waals surface area contributed by atoms with Crippen LogP contribution in [0.1, 0.15) is 31.6 Å². The van der Waals surface area contributed by atoms with Gasteiger partial charge in [-0.25, -0.2) is 4.98 Å². The standard InChI is InChI=1S/C15H16BrN3O2/c1-2-12-18-13(15(17)19(12)9-3-4-9)8-5-10(16)14-11(6-8)20-7-21-14/h5-6,9H,2-4,7,17H2,1H3. The molecule has 0 unspecified atom stereocenters. The monoisotopic (exact) mass is 349 g/mol. The highest BCUT2D eigenvalue weighted by Gasteiger charge is 2.30. The van der Waals surface area contributed by atoms with E-state index in [0.717, 1.165) is 45.3 Å². The molecule has 2 heterocycles. The molecule has 0 spiro atoms. The molecule has 2 aliphatic rings. The lowest BCUT2D eigenvalue weighted by molar-refractivity contribution is 0.173. The highest BCUT2D eigenvalue weighted by molar-refractivity contribution is 9.10. The van der Waals surface area contributed by atoms with Gasteiger partial charge in [0.25, 0.3) is 0 Å². The van der Waals surface area contributed by atoms with Gasteiger partial charge in [0.2, 0.25) is 6.79 Å². The van der Waals surface area contributed by atoms with E-state index >= 15 is 0 Å². The van der Waals surface area contributed by atoms with Crippen LogP contribution in [0.2, 0.25) is 0 Å². The number of anilines is 1. The first-order chi connectivity index (χ1) is 10.2. The lowest BCUT2D eigenvalue weighted by Crippen LogP contribution is -2.04. The molecule has 6 heteroatoms. The molecule has 1 aromatic heterocycles. The minimum absolute atomic E-state index is 0.254. The van der Waals surface area contributed by atoms with E-state index in [1.54, 1.807) is 0 Å². The van der Waals surface area contributed by atoms with Crippen molar-refractivity contribution >= 4 is 21.7 Å². The lowest BCUT2D eigenvalue weighted by atomic mass is 10.1. The molecule has 21 heavy (non-hydrogen) atoms. The summed E-state index contributed by atoms with van der Waals surface area (Å²) in [7, 11) is 0. The van der Waals surface area contributed by atoms with Crippen molar-refractivity contribution in [2.75, 3.05) is 12.5 Å². The number of hydrogen-bond acceptors (Lipinski definition) is 4. The molecule has 5 nitrogen and oxygen atoms in total. The van der Waals surface area contributed by atoms with Gasteiger partial charge in [0.1, 0.15) is 17.3 Å². The first-order valence-electron chi connectivity index (χ1n) is 7.15. The number of halogens is 1. The van der Waals surface area contributed by atoms with Crippen LogP contribution >= 0.6 is 15.9 Å². The van der Waals surface area contributed by atoms with Crippen LogP contribution in [0.4, 0.5) is 5.82 Å². The summed E-state index contributed by atoms with van der Waals surface area (Å²) in [6.45, 7) is 2.36. The second-order valence-electron chi connectivity index (χ2n) is 5.41. The molecule has 0 saturated heterocycles. The maximum Gasteiger partial charge on any atom is 0.231 e. The van der Waals surface area contributed by atoms with Crippen molar-refractivity contribution in [3.05, 3.63) is 22.4 Å². The summed E-state index contributed by atoms with van der Waals surface area (Å²) >= 11 is 3.52. The minimum Gasteiger partial charge on any atom is -0.454 e. The van der Waals surface area contributed by atoms with Gasteiger partial charge in [0.15, 0.2) is 11.5 Å². The molecule has 2 N–H and O–H groups in total. The Bertz CT molecular complexity index is 722. The van der Waals surface area contributed by atoms with Gasteiger partial charge >= 0.3 is 0 Å². The third-order valence-electron chi connectivity index (χ3n) is 3.95. The minimum atomic E-state index is 0.254. The van der Waals surface area contributed by atoms with Crippen molar-refractivity contribution in [1.82, 2.24) is 9.55 Å². The Kier molecular flexibility index (Phi) is 2.89. The Balaban J connectivity index is 1.85. The van der Waals surface area contributed by atoms with Gasteiger partial charge < -0.3 is 19.8 Å². The Hall–Kier alpha value is -1.69. The normalized spacial score (nSPS) is 16.5. The number of ether oxygens (including phenoxy) is 2. The van der Waals surface area contributed by atoms with Crippen LogP contribution in [0.25, 0.3) is 11.3 Å². The van der Waals surface area contributed by atoms with Gasteiger partial charge in [-0.05, 0) is 40.9 Å². The molecular weight excluding hydrogens is 334 g/mol. The van der Waals surface area contributed by atoms with Crippen LogP contribution in [0.15, 0.2) is 16.6 Å². The topological polar surface area (TPSA) is 62.3 Å². The SMILES string of the molecule is CCc1nc(-c2cc(Br)c3c(c2)OCO3)c(N)n1C1CC1. The Morgan fingerprint density at radius 2 is 2.19 bits per heavy atom. The Morgan fingerprint density at radius 1 is 1.38 bits per heavy atom. The summed E-state index contributed by atoms with van der Waals surface area (Å²) < 4.78 is 14.0. The van der Waals surface area contributed by atoms with E-state index < -0.39 is 0 Å². The zero-order chi connectivity index (χ0) is 14.6. The highest BCUT2D eigenvalue weighted by Crippen LogP contribution is 2.45. The zero-order valence-corrected chi connectivity index (χ0v) is 13.3. The van der Waals surface area contributed by atoms with Crippen molar-refractivity contribution in [1.29, 1.82) is 0 Å². The number of nitrogens with zero attached hydrogens (tertiary/aromatic N) is 2. The largest absolute Gasteiger partial charge is 0.454 e. The van der Waals surface area contributed by atoms with E-state index in [0.29, 0.717) is 6.04 Å². The second kappa shape index (κ2) is 4.66. The van der Waals surface area contributed by atoms with Crippen molar-refractivity contribution < 1.29 is 9.47 Å². The number of imidazole rings is 1. The van der Waals surface area contributed by atoms with E-state index in [9.17, 15) is 0 Å². The summed E-state index contributed by atoms with van der Waals surface area (Å²) in [6, 6.07) is 4.46. The molecule has 1 aliphatic carbocycles. The summed E-state index contributed by atoms with van der Waals surface area (Å²) in [4.78, 5) is 4.75. The highest BCUT2D eigenvalue weighted by atomic mass is 79.9. The average molecular weight is 350 g/mol. The molecule has 4 rings (SSSR count). The quantitative estimate of drug-likeness (QED) is 0.920. The smallest absolute Gasteiger partial charge is 0.231 e. The van der Waals surface area contributed by atoms with Gasteiger partial charge in [-0.2, -0.15) is 0 Å². The van der Waals surface area contributed by atoms with Crippen LogP contribution in [0.3, 0.4) is 0 Å². The summed E-state index contributed by atoms with van der Waals surface area (Å²) in [5, 5.41) is 0. The van der Waals surface area contributed by atoms with E-state index in [1.807, 2.05) is 12.1 Å². The van der Waals surface area contributed by atoms with Crippen molar-refractivity contribution in [2.24, 2.45) is 0 Å². The van der Waals surface area contributed by atoms with Gasteiger partial charge in [-0.15, -0.1) is 0 Å². The molecule has 0 atom stereocenters. The number of benzene rings is 1. The summed E-state index contributed by atoms with van der Waals surface area (Å²) in [5.74, 6) is 3.28. The molecule has 1 aromatic carbocycles. The average Bonchev–Trinajstić information content (AvgIpc) is 3.08. The fourth-order valence-electron chi connectivity index (χ4n) is 2.80. The summed E-state index contributed by atoms with van der Waals surface area (Å²) in [5.41, 5.74) is 8.15. The number of nitrogen functional groups attached to an aromatic ring is 1. The molecule has 0 amide bonds. The van der Waals surface area contributed by atoms with Crippen molar-refractivity contribution in [2.45, 2.75) is 32.2 Å². The van der Waals surface area contributed by atoms with Gasteiger partial charge in [-0.1, -0.05) is 6.92 Å². The molecule has 110 valence electrons. The van der Waals surface area contributed by atoms with E-state index in [2.05, 4.69) is 27.4 Å². The molecular formula is C15H16BrN3O2. The number of aromatic nitrogens is 2.